The summed E-state index contributed by atoms with van der Waals surface area (Å²) in [7, 11) is 0. The molecule has 0 radical (unpaired) electrons. The van der Waals surface area contributed by atoms with Crippen LogP contribution in [0.4, 0.5) is 13.2 Å². The van der Waals surface area contributed by atoms with Crippen LogP contribution in [0.15, 0.2) is 50.6 Å². The fraction of sp³-hybridized carbons (Fsp3) is 0.520. The summed E-state index contributed by atoms with van der Waals surface area (Å²) < 4.78 is 41.9. The molecule has 1 aromatic carbocycles. The second kappa shape index (κ2) is 11.2. The maximum atomic E-state index is 12.0. The van der Waals surface area contributed by atoms with Crippen molar-refractivity contribution in [1.82, 2.24) is 24.6 Å². The molecule has 36 heavy (non-hydrogen) atoms. The predicted molar refractivity (Wildman–Crippen MR) is 129 cm³/mol. The number of hydrogen-bond donors (Lipinski definition) is 1. The van der Waals surface area contributed by atoms with Crippen molar-refractivity contribution in [3.05, 3.63) is 68.8 Å². The van der Waals surface area contributed by atoms with E-state index in [2.05, 4.69) is 26.9 Å². The molecule has 0 bridgehead atoms. The van der Waals surface area contributed by atoms with E-state index in [0.29, 0.717) is 17.8 Å². The Kier molecular flexibility index (Phi) is 8.55. The maximum Gasteiger partial charge on any atom is 0.416 e. The molecule has 2 atom stereocenters. The fourth-order valence-corrected chi connectivity index (χ4v) is 4.37. The Morgan fingerprint density at radius 3 is 2.39 bits per heavy atom. The molecule has 0 unspecified atom stereocenters. The van der Waals surface area contributed by atoms with Crippen LogP contribution in [-0.2, 0) is 12.7 Å². The molecule has 3 heterocycles. The molecular formula is C25H32F3N5O3. The van der Waals surface area contributed by atoms with Gasteiger partial charge in [0.1, 0.15) is 5.56 Å². The van der Waals surface area contributed by atoms with Crippen LogP contribution < -0.4 is 11.2 Å². The molecule has 1 aliphatic heterocycles. The molecule has 1 N–H and O–H groups in total. The Morgan fingerprint density at radius 2 is 1.86 bits per heavy atom. The number of fused-ring (bicyclic) bond motifs is 1. The molecule has 8 nitrogen and oxygen atoms in total. The number of aromatic nitrogens is 4. The Bertz CT molecular complexity index is 1250. The number of likely N-dealkylation sites (tertiary alicyclic amines) is 1. The van der Waals surface area contributed by atoms with Crippen LogP contribution in [0.25, 0.3) is 11.5 Å². The number of halogens is 3. The summed E-state index contributed by atoms with van der Waals surface area (Å²) in [5.74, 6) is 1.44. The number of piperidine rings is 1. The van der Waals surface area contributed by atoms with E-state index in [0.717, 1.165) is 37.6 Å². The summed E-state index contributed by atoms with van der Waals surface area (Å²) in [6.07, 6.45) is -0.481. The van der Waals surface area contributed by atoms with Gasteiger partial charge in [-0.15, -0.1) is 0 Å². The van der Waals surface area contributed by atoms with Gasteiger partial charge in [-0.25, -0.2) is 4.79 Å². The van der Waals surface area contributed by atoms with Gasteiger partial charge in [-0.3, -0.25) is 14.3 Å². The standard InChI is InChI=1S/C16H21N5O3.C7H5F3.C2H6/c1-10-17-14(24-19-10)12-8-21(15(23)18-13(12)22)5-3-4-20-7-11-6-16(11,2)9-20;8-7(9,10)6-4-2-1-3-5-6;1-2/h8,11H,3-7,9H2,1-2H3,(H,18,22,23);1-5H;1-2H3/t11-,16+;;/m0../s1. The largest absolute Gasteiger partial charge is 0.416 e. The zero-order valence-electron chi connectivity index (χ0n) is 20.9. The number of rotatable bonds is 5. The lowest BCUT2D eigenvalue weighted by Gasteiger charge is -2.19. The highest BCUT2D eigenvalue weighted by Gasteiger charge is 2.55. The Morgan fingerprint density at radius 1 is 1.17 bits per heavy atom. The van der Waals surface area contributed by atoms with E-state index < -0.39 is 23.0 Å². The maximum absolute atomic E-state index is 12.0. The highest BCUT2D eigenvalue weighted by atomic mass is 19.4. The predicted octanol–water partition coefficient (Wildman–Crippen LogP) is 4.36. The van der Waals surface area contributed by atoms with Crippen LogP contribution in [-0.4, -0.2) is 44.2 Å². The summed E-state index contributed by atoms with van der Waals surface area (Å²) in [6.45, 7) is 11.9. The van der Waals surface area contributed by atoms with E-state index in [9.17, 15) is 22.8 Å². The van der Waals surface area contributed by atoms with Gasteiger partial charge in [-0.2, -0.15) is 18.2 Å². The molecule has 11 heteroatoms. The second-order valence-corrected chi connectivity index (χ2v) is 9.15. The lowest BCUT2D eigenvalue weighted by atomic mass is 10.1. The molecule has 5 rings (SSSR count). The smallest absolute Gasteiger partial charge is 0.334 e. The quantitative estimate of drug-likeness (QED) is 0.551. The second-order valence-electron chi connectivity index (χ2n) is 9.15. The molecule has 196 valence electrons. The minimum atomic E-state index is -4.21. The molecule has 0 amide bonds. The Balaban J connectivity index is 0.000000253. The Hall–Kier alpha value is -3.21. The van der Waals surface area contributed by atoms with Gasteiger partial charge in [0.05, 0.1) is 5.56 Å². The summed E-state index contributed by atoms with van der Waals surface area (Å²) in [5.41, 5.74) is -0.749. The van der Waals surface area contributed by atoms with E-state index in [1.807, 2.05) is 13.8 Å². The number of benzene rings is 1. The molecular weight excluding hydrogens is 475 g/mol. The molecule has 3 aromatic rings. The van der Waals surface area contributed by atoms with Gasteiger partial charge in [-0.1, -0.05) is 56.3 Å². The van der Waals surface area contributed by atoms with Crippen molar-refractivity contribution in [1.29, 1.82) is 0 Å². The van der Waals surface area contributed by atoms with Gasteiger partial charge >= 0.3 is 11.9 Å². The number of aryl methyl sites for hydroxylation is 2. The third-order valence-corrected chi connectivity index (χ3v) is 6.34. The number of H-pyrrole nitrogens is 1. The first-order valence-corrected chi connectivity index (χ1v) is 12.0. The highest BCUT2D eigenvalue weighted by Crippen LogP contribution is 2.57. The monoisotopic (exact) mass is 507 g/mol. The highest BCUT2D eigenvalue weighted by molar-refractivity contribution is 5.48. The molecule has 1 aliphatic carbocycles. The minimum Gasteiger partial charge on any atom is -0.334 e. The number of nitrogens with one attached hydrogen (secondary N) is 1. The first kappa shape index (κ1) is 27.4. The number of alkyl halides is 3. The van der Waals surface area contributed by atoms with Crippen molar-refractivity contribution in [2.24, 2.45) is 11.3 Å². The van der Waals surface area contributed by atoms with E-state index in [1.165, 1.54) is 35.9 Å². The Labute approximate surface area is 207 Å². The third-order valence-electron chi connectivity index (χ3n) is 6.34. The van der Waals surface area contributed by atoms with E-state index >= 15 is 0 Å². The van der Waals surface area contributed by atoms with Crippen molar-refractivity contribution in [3.8, 4) is 11.5 Å². The zero-order chi connectivity index (χ0) is 26.5. The molecule has 0 spiro atoms. The molecule has 1 saturated heterocycles. The van der Waals surface area contributed by atoms with Gasteiger partial charge in [0.2, 0.25) is 0 Å². The van der Waals surface area contributed by atoms with Gasteiger partial charge in [0.15, 0.2) is 5.82 Å². The van der Waals surface area contributed by atoms with Gasteiger partial charge in [0, 0.05) is 25.8 Å². The van der Waals surface area contributed by atoms with Crippen LogP contribution in [0.1, 0.15) is 45.0 Å². The SMILES string of the molecule is CC.Cc1noc(-c2cn(CCCN3C[C@@H]4C[C@]4(C)C3)c(=O)[nH]c2=O)n1.FC(F)(F)c1ccccc1. The lowest BCUT2D eigenvalue weighted by molar-refractivity contribution is -0.137. The average molecular weight is 508 g/mol. The molecule has 2 aliphatic rings. The van der Waals surface area contributed by atoms with E-state index in [1.54, 1.807) is 13.0 Å². The summed E-state index contributed by atoms with van der Waals surface area (Å²) in [5, 5.41) is 3.69. The molecule has 2 aromatic heterocycles. The fourth-order valence-electron chi connectivity index (χ4n) is 4.37. The number of aromatic amines is 1. The van der Waals surface area contributed by atoms with Crippen LogP contribution in [0, 0.1) is 18.3 Å². The minimum absolute atomic E-state index is 0.134. The first-order chi connectivity index (χ1) is 17.0. The topological polar surface area (TPSA) is 97.0 Å². The normalized spacial score (nSPS) is 20.6. The summed E-state index contributed by atoms with van der Waals surface area (Å²) in [4.78, 5) is 32.8. The first-order valence-electron chi connectivity index (χ1n) is 12.0. The van der Waals surface area contributed by atoms with Crippen LogP contribution in [0.5, 0.6) is 0 Å². The van der Waals surface area contributed by atoms with Gasteiger partial charge in [0.25, 0.3) is 11.4 Å². The van der Waals surface area contributed by atoms with Crippen molar-refractivity contribution < 1.29 is 17.7 Å². The third kappa shape index (κ3) is 6.71. The van der Waals surface area contributed by atoms with Gasteiger partial charge < -0.3 is 9.42 Å². The van der Waals surface area contributed by atoms with Crippen molar-refractivity contribution in [3.63, 3.8) is 0 Å². The number of nitrogens with zero attached hydrogens (tertiary/aromatic N) is 4. The molecule has 1 saturated carbocycles. The lowest BCUT2D eigenvalue weighted by Crippen LogP contribution is -2.32. The number of hydrogen-bond acceptors (Lipinski definition) is 6. The van der Waals surface area contributed by atoms with Gasteiger partial charge in [-0.05, 0) is 37.6 Å². The summed E-state index contributed by atoms with van der Waals surface area (Å²) in [6, 6.07) is 6.36. The van der Waals surface area contributed by atoms with Crippen LogP contribution in [0.3, 0.4) is 0 Å². The van der Waals surface area contributed by atoms with Crippen molar-refractivity contribution >= 4 is 0 Å². The van der Waals surface area contributed by atoms with E-state index in [4.69, 9.17) is 4.52 Å². The van der Waals surface area contributed by atoms with Crippen LogP contribution >= 0.6 is 0 Å². The van der Waals surface area contributed by atoms with Crippen molar-refractivity contribution in [2.45, 2.75) is 53.3 Å². The molecule has 2 fully saturated rings. The van der Waals surface area contributed by atoms with E-state index in [-0.39, 0.29) is 11.5 Å². The average Bonchev–Trinajstić information content (AvgIpc) is 3.13. The van der Waals surface area contributed by atoms with Crippen LogP contribution in [0.2, 0.25) is 0 Å². The van der Waals surface area contributed by atoms with Crippen molar-refractivity contribution in [2.75, 3.05) is 19.6 Å². The zero-order valence-corrected chi connectivity index (χ0v) is 20.9. The summed E-state index contributed by atoms with van der Waals surface area (Å²) >= 11 is 0.